The fourth-order valence-electron chi connectivity index (χ4n) is 4.28. The molecule has 6 atom stereocenters. The Morgan fingerprint density at radius 1 is 1.35 bits per heavy atom. The van der Waals surface area contributed by atoms with Crippen LogP contribution in [0, 0.1) is 0 Å². The highest BCUT2D eigenvalue weighted by molar-refractivity contribution is 5.76. The minimum absolute atomic E-state index is 0.249. The lowest BCUT2D eigenvalue weighted by molar-refractivity contribution is -0.155. The fourth-order valence-corrected chi connectivity index (χ4v) is 4.28. The van der Waals surface area contributed by atoms with Gasteiger partial charge >= 0.3 is 12.1 Å². The minimum atomic E-state index is -1.84. The molecular formula is C21H29N5O8. The van der Waals surface area contributed by atoms with Crippen molar-refractivity contribution in [1.29, 1.82) is 0 Å². The average Bonchev–Trinajstić information content (AvgIpc) is 3.03. The maximum Gasteiger partial charge on any atom is 0.508 e. The number of rotatable bonds is 7. The SMILES string of the molecule is CC(C)OC(=O)[C@H](COC(=O)OC1[C@H]2O[C@@](C)(c3ccc4c(N)ncnn34)[C@H](O)[C@@]12O)N(C)C. The summed E-state index contributed by atoms with van der Waals surface area (Å²) in [6.45, 7) is 4.71. The molecule has 2 aromatic heterocycles. The molecule has 4 N–H and O–H groups in total. The number of nitrogens with zero attached hydrogens (tertiary/aromatic N) is 4. The number of hydrogen-bond donors (Lipinski definition) is 3. The second kappa shape index (κ2) is 8.34. The Balaban J connectivity index is 1.40. The molecule has 1 aliphatic heterocycles. The number of fused-ring (bicyclic) bond motifs is 2. The molecule has 13 nitrogen and oxygen atoms in total. The molecule has 186 valence electrons. The zero-order valence-corrected chi connectivity index (χ0v) is 19.5. The fraction of sp³-hybridized carbons (Fsp3) is 0.619. The van der Waals surface area contributed by atoms with E-state index in [0.29, 0.717) is 11.2 Å². The third-order valence-corrected chi connectivity index (χ3v) is 6.23. The van der Waals surface area contributed by atoms with Gasteiger partial charge in [0, 0.05) is 0 Å². The van der Waals surface area contributed by atoms with Crippen LogP contribution in [-0.2, 0) is 29.3 Å². The van der Waals surface area contributed by atoms with Gasteiger partial charge in [-0.25, -0.2) is 14.3 Å². The van der Waals surface area contributed by atoms with Crippen LogP contribution in [0.25, 0.3) is 5.52 Å². The Labute approximate surface area is 195 Å². The molecule has 4 rings (SSSR count). The minimum Gasteiger partial charge on any atom is -0.462 e. The molecule has 2 aromatic rings. The summed E-state index contributed by atoms with van der Waals surface area (Å²) < 4.78 is 22.9. The second-order valence-corrected chi connectivity index (χ2v) is 9.16. The molecule has 1 saturated carbocycles. The number of aliphatic hydroxyl groups excluding tert-OH is 1. The molecule has 0 aromatic carbocycles. The molecule has 1 aliphatic carbocycles. The number of anilines is 1. The standard InChI is InChI=1S/C21H29N5O8/c1-10(2)32-17(27)12(25(4)5)8-31-19(29)33-14-15-21(14,30)18(28)20(3,34-15)13-7-6-11-16(22)23-9-24-26(11)13/h6-7,9-10,12,14-15,18,28,30H,8H2,1-5H3,(H2,22,23,24)/t12-,14?,15+,18-,20-,21+/m0/s1. The van der Waals surface area contributed by atoms with Gasteiger partial charge in [-0.1, -0.05) is 0 Å². The van der Waals surface area contributed by atoms with Crippen LogP contribution in [0.15, 0.2) is 18.5 Å². The zero-order chi connectivity index (χ0) is 25.0. The Bertz CT molecular complexity index is 1110. The largest absolute Gasteiger partial charge is 0.508 e. The van der Waals surface area contributed by atoms with E-state index in [4.69, 9.17) is 24.7 Å². The molecule has 0 radical (unpaired) electrons. The topological polar surface area (TPSA) is 171 Å². The van der Waals surface area contributed by atoms with Gasteiger partial charge in [-0.3, -0.25) is 9.69 Å². The molecule has 0 amide bonds. The van der Waals surface area contributed by atoms with Gasteiger partial charge in [0.25, 0.3) is 0 Å². The summed E-state index contributed by atoms with van der Waals surface area (Å²) in [5.74, 6) is -0.299. The summed E-state index contributed by atoms with van der Waals surface area (Å²) in [6, 6.07) is 2.51. The first-order valence-electron chi connectivity index (χ1n) is 10.8. The second-order valence-electron chi connectivity index (χ2n) is 9.16. The van der Waals surface area contributed by atoms with Gasteiger partial charge in [0.1, 0.15) is 42.3 Å². The van der Waals surface area contributed by atoms with Crippen molar-refractivity contribution in [1.82, 2.24) is 19.5 Å². The van der Waals surface area contributed by atoms with Crippen molar-refractivity contribution in [3.8, 4) is 0 Å². The van der Waals surface area contributed by atoms with E-state index in [1.165, 1.54) is 10.8 Å². The summed E-state index contributed by atoms with van der Waals surface area (Å²) in [5, 5.41) is 26.1. The average molecular weight is 479 g/mol. The van der Waals surface area contributed by atoms with Crippen LogP contribution < -0.4 is 5.73 Å². The smallest absolute Gasteiger partial charge is 0.462 e. The highest BCUT2D eigenvalue weighted by Gasteiger charge is 2.82. The van der Waals surface area contributed by atoms with Crippen molar-refractivity contribution < 1.29 is 38.7 Å². The van der Waals surface area contributed by atoms with E-state index < -0.39 is 47.7 Å². The third-order valence-electron chi connectivity index (χ3n) is 6.23. The van der Waals surface area contributed by atoms with Crippen molar-refractivity contribution in [2.24, 2.45) is 0 Å². The van der Waals surface area contributed by atoms with E-state index in [2.05, 4.69) is 10.1 Å². The quantitative estimate of drug-likeness (QED) is 0.433. The molecule has 1 saturated heterocycles. The van der Waals surface area contributed by atoms with E-state index >= 15 is 0 Å². The van der Waals surface area contributed by atoms with Gasteiger partial charge in [-0.05, 0) is 47.0 Å². The number of esters is 1. The molecule has 13 heteroatoms. The van der Waals surface area contributed by atoms with Crippen molar-refractivity contribution in [2.45, 2.75) is 62.4 Å². The van der Waals surface area contributed by atoms with Gasteiger partial charge in [0.05, 0.1) is 11.8 Å². The van der Waals surface area contributed by atoms with Crippen molar-refractivity contribution >= 4 is 23.5 Å². The van der Waals surface area contributed by atoms with Crippen LogP contribution in [-0.4, -0.2) is 98.6 Å². The zero-order valence-electron chi connectivity index (χ0n) is 19.5. The molecule has 0 bridgehead atoms. The van der Waals surface area contributed by atoms with E-state index in [1.54, 1.807) is 51.9 Å². The first-order valence-corrected chi connectivity index (χ1v) is 10.8. The summed E-state index contributed by atoms with van der Waals surface area (Å²) in [6.07, 6.45) is -3.74. The van der Waals surface area contributed by atoms with Crippen LogP contribution in [0.3, 0.4) is 0 Å². The molecule has 0 spiro atoms. The van der Waals surface area contributed by atoms with Gasteiger partial charge in [-0.15, -0.1) is 0 Å². The number of nitrogens with two attached hydrogens (primary N) is 1. The van der Waals surface area contributed by atoms with Crippen LogP contribution in [0.4, 0.5) is 10.6 Å². The Kier molecular flexibility index (Phi) is 5.92. The Morgan fingerprint density at radius 2 is 2.06 bits per heavy atom. The summed E-state index contributed by atoms with van der Waals surface area (Å²) >= 11 is 0. The summed E-state index contributed by atoms with van der Waals surface area (Å²) in [4.78, 5) is 29.9. The number of nitrogen functional groups attached to an aromatic ring is 1. The monoisotopic (exact) mass is 479 g/mol. The molecule has 2 fully saturated rings. The first-order chi connectivity index (χ1) is 15.9. The summed E-state index contributed by atoms with van der Waals surface area (Å²) in [7, 11) is 3.29. The van der Waals surface area contributed by atoms with Crippen LogP contribution in [0.1, 0.15) is 26.5 Å². The number of likely N-dealkylation sites (N-methyl/N-ethyl adjacent to an activating group) is 1. The highest BCUT2D eigenvalue weighted by Crippen LogP contribution is 2.59. The molecule has 2 aliphatic rings. The van der Waals surface area contributed by atoms with E-state index in [0.717, 1.165) is 0 Å². The normalized spacial score (nSPS) is 30.9. The van der Waals surface area contributed by atoms with Crippen molar-refractivity contribution in [3.05, 3.63) is 24.2 Å². The van der Waals surface area contributed by atoms with Crippen molar-refractivity contribution in [3.63, 3.8) is 0 Å². The number of hydrogen-bond acceptors (Lipinski definition) is 12. The van der Waals surface area contributed by atoms with Crippen LogP contribution in [0.2, 0.25) is 0 Å². The first kappa shape index (κ1) is 24.1. The van der Waals surface area contributed by atoms with E-state index in [9.17, 15) is 19.8 Å². The number of carbonyl (C=O) groups excluding carboxylic acids is 2. The maximum absolute atomic E-state index is 12.2. The molecule has 3 heterocycles. The Morgan fingerprint density at radius 3 is 2.65 bits per heavy atom. The predicted molar refractivity (Wildman–Crippen MR) is 116 cm³/mol. The lowest BCUT2D eigenvalue weighted by atomic mass is 9.91. The highest BCUT2D eigenvalue weighted by atomic mass is 16.8. The lowest BCUT2D eigenvalue weighted by Gasteiger charge is -2.32. The number of carbonyl (C=O) groups is 2. The lowest BCUT2D eigenvalue weighted by Crippen LogP contribution is -2.47. The molecule has 1 unspecified atom stereocenters. The van der Waals surface area contributed by atoms with Gasteiger partial charge in [0.2, 0.25) is 0 Å². The van der Waals surface area contributed by atoms with Gasteiger partial charge in [-0.2, -0.15) is 5.10 Å². The van der Waals surface area contributed by atoms with Crippen LogP contribution >= 0.6 is 0 Å². The van der Waals surface area contributed by atoms with Crippen molar-refractivity contribution in [2.75, 3.05) is 26.4 Å². The number of aliphatic hydroxyl groups is 2. The molecule has 34 heavy (non-hydrogen) atoms. The number of aromatic nitrogens is 3. The Hall–Kier alpha value is -3.00. The van der Waals surface area contributed by atoms with E-state index in [1.807, 2.05) is 0 Å². The number of ether oxygens (including phenoxy) is 4. The van der Waals surface area contributed by atoms with Gasteiger partial charge < -0.3 is 34.9 Å². The van der Waals surface area contributed by atoms with E-state index in [-0.39, 0.29) is 18.5 Å². The van der Waals surface area contributed by atoms with Gasteiger partial charge in [0.15, 0.2) is 17.5 Å². The predicted octanol–water partition coefficient (Wildman–Crippen LogP) is -0.565. The summed E-state index contributed by atoms with van der Waals surface area (Å²) in [5.41, 5.74) is 3.64. The van der Waals surface area contributed by atoms with Crippen LogP contribution in [0.5, 0.6) is 0 Å². The third kappa shape index (κ3) is 3.74. The molecular weight excluding hydrogens is 450 g/mol. The maximum atomic E-state index is 12.2.